The van der Waals surface area contributed by atoms with Crippen LogP contribution in [0.3, 0.4) is 0 Å². The molecule has 0 amide bonds. The van der Waals surface area contributed by atoms with Crippen molar-refractivity contribution in [2.45, 2.75) is 0 Å². The summed E-state index contributed by atoms with van der Waals surface area (Å²) in [6.45, 7) is 0. The smallest absolute Gasteiger partial charge is 0.126 e. The Balaban J connectivity index is 1.82. The first-order chi connectivity index (χ1) is 16.8. The molecule has 0 aliphatic carbocycles. The molecule has 0 N–H and O–H groups in total. The largest absolute Gasteiger partial charge is 0.496 e. The molecule has 2 heteroatoms. The van der Waals surface area contributed by atoms with Crippen LogP contribution in [0.5, 0.6) is 5.75 Å². The minimum atomic E-state index is 0.874. The van der Waals surface area contributed by atoms with Gasteiger partial charge < -0.3 is 4.74 Å². The minimum Gasteiger partial charge on any atom is -0.496 e. The summed E-state index contributed by atoms with van der Waals surface area (Å²) >= 11 is 0. The second kappa shape index (κ2) is 7.29. The Hall–Kier alpha value is -4.43. The predicted octanol–water partition coefficient (Wildman–Crippen LogP) is 8.52. The van der Waals surface area contributed by atoms with Crippen molar-refractivity contribution in [3.63, 3.8) is 0 Å². The molecule has 0 radical (unpaired) electrons. The lowest BCUT2D eigenvalue weighted by Crippen LogP contribution is -1.92. The molecule has 0 atom stereocenters. The van der Waals surface area contributed by atoms with E-state index in [0.717, 1.165) is 22.4 Å². The molecule has 0 aliphatic heterocycles. The van der Waals surface area contributed by atoms with Gasteiger partial charge in [0.2, 0.25) is 0 Å². The van der Waals surface area contributed by atoms with Gasteiger partial charge in [-0.1, -0.05) is 72.8 Å². The molecule has 6 aromatic carbocycles. The zero-order valence-corrected chi connectivity index (χ0v) is 18.7. The molecular formula is C32H21NO. The van der Waals surface area contributed by atoms with Gasteiger partial charge in [-0.05, 0) is 73.4 Å². The molecule has 0 aliphatic rings. The van der Waals surface area contributed by atoms with Crippen molar-refractivity contribution in [1.29, 1.82) is 0 Å². The molecule has 0 fully saturated rings. The number of hydrogen-bond donors (Lipinski definition) is 0. The number of rotatable bonds is 2. The van der Waals surface area contributed by atoms with Gasteiger partial charge in [0.15, 0.2) is 0 Å². The van der Waals surface area contributed by atoms with Crippen LogP contribution in [0.15, 0.2) is 109 Å². The average molecular weight is 436 g/mol. The van der Waals surface area contributed by atoms with Crippen molar-refractivity contribution in [1.82, 2.24) is 4.98 Å². The van der Waals surface area contributed by atoms with Gasteiger partial charge in [-0.2, -0.15) is 0 Å². The molecule has 0 unspecified atom stereocenters. The van der Waals surface area contributed by atoms with Gasteiger partial charge in [-0.3, -0.25) is 4.98 Å². The Labute approximate surface area is 197 Å². The SMILES string of the molecule is COc1ccc(-c2ccccn2)c2c1ccc1ccc3ccc4ccc5ccccc5c4c3c12. The van der Waals surface area contributed by atoms with Crippen LogP contribution < -0.4 is 4.74 Å². The van der Waals surface area contributed by atoms with E-state index in [0.29, 0.717) is 0 Å². The number of methoxy groups -OCH3 is 1. The van der Waals surface area contributed by atoms with Crippen molar-refractivity contribution in [3.8, 4) is 17.0 Å². The van der Waals surface area contributed by atoms with Crippen LogP contribution in [0.4, 0.5) is 0 Å². The van der Waals surface area contributed by atoms with Crippen molar-refractivity contribution in [2.75, 3.05) is 7.11 Å². The van der Waals surface area contributed by atoms with E-state index in [9.17, 15) is 0 Å². The standard InChI is InChI=1S/C32H21NO/c1-34-28-18-17-25(27-8-4-5-19-33-27)32-26(28)16-15-23-14-13-22-12-11-21-10-9-20-6-2-3-7-24(20)29(21)30(22)31(23)32/h2-19H,1H3. The van der Waals surface area contributed by atoms with Crippen LogP contribution in [0, 0.1) is 0 Å². The summed E-state index contributed by atoms with van der Waals surface area (Å²) in [6, 6.07) is 36.8. The summed E-state index contributed by atoms with van der Waals surface area (Å²) in [5, 5.41) is 12.3. The summed E-state index contributed by atoms with van der Waals surface area (Å²) < 4.78 is 5.82. The van der Waals surface area contributed by atoms with Gasteiger partial charge in [0, 0.05) is 22.5 Å². The number of hydrogen-bond acceptors (Lipinski definition) is 2. The van der Waals surface area contributed by atoms with Gasteiger partial charge >= 0.3 is 0 Å². The monoisotopic (exact) mass is 435 g/mol. The van der Waals surface area contributed by atoms with E-state index in [1.54, 1.807) is 7.11 Å². The van der Waals surface area contributed by atoms with Crippen LogP contribution in [-0.2, 0) is 0 Å². The first kappa shape index (κ1) is 19.1. The highest BCUT2D eigenvalue weighted by Crippen LogP contribution is 2.44. The van der Waals surface area contributed by atoms with E-state index in [4.69, 9.17) is 9.72 Å². The van der Waals surface area contributed by atoms with E-state index in [1.165, 1.54) is 48.5 Å². The van der Waals surface area contributed by atoms with Crippen LogP contribution in [-0.4, -0.2) is 12.1 Å². The topological polar surface area (TPSA) is 22.1 Å². The Bertz CT molecular complexity index is 1880. The summed E-state index contributed by atoms with van der Waals surface area (Å²) in [6.07, 6.45) is 1.86. The Morgan fingerprint density at radius 1 is 0.500 bits per heavy atom. The van der Waals surface area contributed by atoms with E-state index >= 15 is 0 Å². The number of fused-ring (bicyclic) bond motifs is 9. The quantitative estimate of drug-likeness (QED) is 0.254. The van der Waals surface area contributed by atoms with Crippen LogP contribution in [0.25, 0.3) is 65.1 Å². The second-order valence-electron chi connectivity index (χ2n) is 8.73. The molecule has 1 aromatic heterocycles. The van der Waals surface area contributed by atoms with Gasteiger partial charge in [0.1, 0.15) is 5.75 Å². The highest BCUT2D eigenvalue weighted by atomic mass is 16.5. The Morgan fingerprint density at radius 3 is 1.88 bits per heavy atom. The van der Waals surface area contributed by atoms with Gasteiger partial charge in [0.25, 0.3) is 0 Å². The lowest BCUT2D eigenvalue weighted by atomic mass is 9.88. The fraction of sp³-hybridized carbons (Fsp3) is 0.0312. The number of aromatic nitrogens is 1. The van der Waals surface area contributed by atoms with Crippen molar-refractivity contribution >= 4 is 53.9 Å². The molecule has 160 valence electrons. The molecule has 0 saturated heterocycles. The molecule has 7 rings (SSSR count). The number of benzene rings is 6. The third kappa shape index (κ3) is 2.66. The highest BCUT2D eigenvalue weighted by molar-refractivity contribution is 6.33. The molecule has 0 bridgehead atoms. The zero-order valence-electron chi connectivity index (χ0n) is 18.7. The highest BCUT2D eigenvalue weighted by Gasteiger charge is 2.16. The molecule has 2 nitrogen and oxygen atoms in total. The Morgan fingerprint density at radius 2 is 1.15 bits per heavy atom. The number of nitrogens with zero attached hydrogens (tertiary/aromatic N) is 1. The fourth-order valence-corrected chi connectivity index (χ4v) is 5.46. The maximum absolute atomic E-state index is 5.82. The van der Waals surface area contributed by atoms with Gasteiger partial charge in [-0.25, -0.2) is 0 Å². The zero-order chi connectivity index (χ0) is 22.6. The maximum Gasteiger partial charge on any atom is 0.126 e. The lowest BCUT2D eigenvalue weighted by Gasteiger charge is -2.16. The van der Waals surface area contributed by atoms with E-state index in [2.05, 4.69) is 91.0 Å². The third-order valence-corrected chi connectivity index (χ3v) is 6.97. The van der Waals surface area contributed by atoms with Gasteiger partial charge in [-0.15, -0.1) is 0 Å². The average Bonchev–Trinajstić information content (AvgIpc) is 2.91. The molecule has 1 heterocycles. The first-order valence-electron chi connectivity index (χ1n) is 11.5. The summed E-state index contributed by atoms with van der Waals surface area (Å²) in [4.78, 5) is 4.71. The van der Waals surface area contributed by atoms with Crippen LogP contribution in [0.1, 0.15) is 0 Å². The summed E-state index contributed by atoms with van der Waals surface area (Å²) in [5.74, 6) is 0.874. The normalized spacial score (nSPS) is 11.7. The predicted molar refractivity (Wildman–Crippen MR) is 144 cm³/mol. The Kier molecular flexibility index (Phi) is 4.09. The van der Waals surface area contributed by atoms with Crippen LogP contribution >= 0.6 is 0 Å². The number of ether oxygens (including phenoxy) is 1. The molecule has 0 spiro atoms. The number of pyridine rings is 1. The van der Waals surface area contributed by atoms with E-state index in [-0.39, 0.29) is 0 Å². The minimum absolute atomic E-state index is 0.874. The summed E-state index contributed by atoms with van der Waals surface area (Å²) in [5.41, 5.74) is 2.08. The molecule has 34 heavy (non-hydrogen) atoms. The van der Waals surface area contributed by atoms with Crippen molar-refractivity contribution in [3.05, 3.63) is 109 Å². The van der Waals surface area contributed by atoms with E-state index in [1.807, 2.05) is 18.3 Å². The second-order valence-corrected chi connectivity index (χ2v) is 8.73. The maximum atomic E-state index is 5.82. The molecule has 7 aromatic rings. The van der Waals surface area contributed by atoms with Crippen LogP contribution in [0.2, 0.25) is 0 Å². The summed E-state index contributed by atoms with van der Waals surface area (Å²) in [7, 11) is 1.74. The fourth-order valence-electron chi connectivity index (χ4n) is 5.46. The van der Waals surface area contributed by atoms with E-state index < -0.39 is 0 Å². The first-order valence-corrected chi connectivity index (χ1v) is 11.5. The third-order valence-electron chi connectivity index (χ3n) is 6.97. The lowest BCUT2D eigenvalue weighted by molar-refractivity contribution is 0.420. The molecular weight excluding hydrogens is 414 g/mol. The van der Waals surface area contributed by atoms with Crippen molar-refractivity contribution < 1.29 is 4.74 Å². The molecule has 0 saturated carbocycles. The van der Waals surface area contributed by atoms with Gasteiger partial charge in [0.05, 0.1) is 12.8 Å². The van der Waals surface area contributed by atoms with Crippen molar-refractivity contribution in [2.24, 2.45) is 0 Å².